The van der Waals surface area contributed by atoms with Crippen LogP contribution in [0.1, 0.15) is 226 Å². The number of unbranched alkanes of at least 4 members (excludes halogenated alkanes) is 20. The number of rotatable bonds is 53. The number of amides is 1. The maximum Gasteiger partial charge on any atom is 0.220 e. The summed E-state index contributed by atoms with van der Waals surface area (Å²) in [5.41, 5.74) is 0. The van der Waals surface area contributed by atoms with Gasteiger partial charge < -0.3 is 65.1 Å². The van der Waals surface area contributed by atoms with Crippen LogP contribution >= 0.6 is 0 Å². The molecular weight excluding hydrogens is 1100 g/mol. The second kappa shape index (κ2) is 56.1. The van der Waals surface area contributed by atoms with Crippen LogP contribution in [-0.4, -0.2) is 140 Å². The average Bonchev–Trinajstić information content (AvgIpc) is 2.31. The van der Waals surface area contributed by atoms with Crippen LogP contribution in [0.3, 0.4) is 0 Å². The summed E-state index contributed by atoms with van der Waals surface area (Å²) >= 11 is 0. The average molecular weight is 1220 g/mol. The Morgan fingerprint density at radius 1 is 0.425 bits per heavy atom. The van der Waals surface area contributed by atoms with Crippen molar-refractivity contribution in [2.45, 2.75) is 299 Å². The number of nitrogens with one attached hydrogen (secondary N) is 1. The number of allylic oxidation sites excluding steroid dienone is 21. The molecule has 2 heterocycles. The van der Waals surface area contributed by atoms with E-state index in [9.17, 15) is 45.6 Å². The van der Waals surface area contributed by atoms with Gasteiger partial charge in [-0.15, -0.1) is 0 Å². The number of aliphatic hydroxyl groups excluding tert-OH is 8. The highest BCUT2D eigenvalue weighted by Crippen LogP contribution is 2.30. The SMILES string of the molecule is CC/C=C\C/C=C\C/C=C\C/C=C\C/C=C\C/C=C\C/C=C\C/C=C\C/C=C\C/C=C\CCCCCCCCCCCCC(=O)NC(COC1OC(CO)C(OC2OC(CO)C(O)C(O)C2O)C(O)C1O)C(O)/C=C/CCCCCCCCCCCC. The van der Waals surface area contributed by atoms with Gasteiger partial charge >= 0.3 is 0 Å². The summed E-state index contributed by atoms with van der Waals surface area (Å²) in [5.74, 6) is -0.250. The van der Waals surface area contributed by atoms with Crippen LogP contribution in [0.5, 0.6) is 0 Å². The van der Waals surface area contributed by atoms with E-state index in [0.29, 0.717) is 6.42 Å². The predicted molar refractivity (Wildman–Crippen MR) is 355 cm³/mol. The predicted octanol–water partition coefficient (Wildman–Crippen LogP) is 13.5. The van der Waals surface area contributed by atoms with Crippen molar-refractivity contribution >= 4 is 5.91 Å². The lowest BCUT2D eigenvalue weighted by Gasteiger charge is -2.46. The van der Waals surface area contributed by atoms with Gasteiger partial charge in [-0.05, 0) is 96.3 Å². The zero-order chi connectivity index (χ0) is 63.1. The summed E-state index contributed by atoms with van der Waals surface area (Å²) in [5, 5.41) is 87.1. The number of carbonyl (C=O) groups is 1. The van der Waals surface area contributed by atoms with Gasteiger partial charge in [0, 0.05) is 6.42 Å². The fourth-order valence-electron chi connectivity index (χ4n) is 10.2. The van der Waals surface area contributed by atoms with Crippen molar-refractivity contribution < 1.29 is 64.6 Å². The van der Waals surface area contributed by atoms with Gasteiger partial charge in [-0.2, -0.15) is 0 Å². The molecule has 2 rings (SSSR count). The molecule has 0 spiro atoms. The largest absolute Gasteiger partial charge is 0.394 e. The molecule has 2 saturated heterocycles. The van der Waals surface area contributed by atoms with E-state index in [1.165, 1.54) is 89.9 Å². The van der Waals surface area contributed by atoms with Crippen molar-refractivity contribution in [3.63, 3.8) is 0 Å². The van der Waals surface area contributed by atoms with E-state index in [4.69, 9.17) is 18.9 Å². The van der Waals surface area contributed by atoms with Gasteiger partial charge in [0.15, 0.2) is 12.6 Å². The molecule has 14 nitrogen and oxygen atoms in total. The minimum atomic E-state index is -1.79. The molecule has 496 valence electrons. The fraction of sp³-hybridized carbons (Fsp3) is 0.685. The molecular formula is C73H121NO13. The Morgan fingerprint density at radius 3 is 1.22 bits per heavy atom. The minimum Gasteiger partial charge on any atom is -0.394 e. The summed E-state index contributed by atoms with van der Waals surface area (Å²) in [6.07, 6.45) is 66.5. The molecule has 9 N–H and O–H groups in total. The molecule has 14 heteroatoms. The Balaban J connectivity index is 1.60. The van der Waals surface area contributed by atoms with Crippen molar-refractivity contribution in [2.24, 2.45) is 0 Å². The molecule has 1 amide bonds. The number of hydrogen-bond acceptors (Lipinski definition) is 13. The lowest BCUT2D eigenvalue weighted by Crippen LogP contribution is -2.65. The Kier molecular flexibility index (Phi) is 51.1. The summed E-state index contributed by atoms with van der Waals surface area (Å²) in [4.78, 5) is 13.3. The van der Waals surface area contributed by atoms with Crippen molar-refractivity contribution in [3.8, 4) is 0 Å². The zero-order valence-electron chi connectivity index (χ0n) is 53.7. The second-order valence-corrected chi connectivity index (χ2v) is 23.2. The molecule has 0 aliphatic carbocycles. The molecule has 12 atom stereocenters. The highest BCUT2D eigenvalue weighted by molar-refractivity contribution is 5.76. The second-order valence-electron chi connectivity index (χ2n) is 23.2. The smallest absolute Gasteiger partial charge is 0.220 e. The van der Waals surface area contributed by atoms with E-state index in [1.54, 1.807) is 6.08 Å². The van der Waals surface area contributed by atoms with Gasteiger partial charge in [0.25, 0.3) is 0 Å². The van der Waals surface area contributed by atoms with Gasteiger partial charge in [-0.1, -0.05) is 257 Å². The van der Waals surface area contributed by atoms with Crippen LogP contribution < -0.4 is 5.32 Å². The third-order valence-electron chi connectivity index (χ3n) is 15.6. The molecule has 2 fully saturated rings. The Labute approximate surface area is 526 Å². The topological polar surface area (TPSA) is 228 Å². The van der Waals surface area contributed by atoms with E-state index >= 15 is 0 Å². The maximum atomic E-state index is 13.3. The standard InChI is InChI=1S/C73H121NO13/c1-3-5-7-9-11-13-15-17-18-19-20-21-22-23-24-25-26-27-28-29-30-31-32-33-34-35-36-37-38-39-40-41-42-43-44-45-47-49-51-53-55-57-65(78)74-61(62(77)56-54-52-50-48-46-16-14-12-10-8-6-4-2)60-84-72-70(83)68(81)71(64(59-76)86-72)87-73-69(82)67(80)66(79)63(58-75)85-73/h5,7,11,13,17-18,20-21,23-24,26-27,29-30,32-33,35-36,38-39,54,56,61-64,66-73,75-77,79-83H,3-4,6,8-10,12,14-16,19,22,25,28,31,34,37,40-53,55,57-60H2,1-2H3,(H,74,78)/b7-5-,13-11-,18-17-,21-20-,24-23-,27-26-,30-29-,33-32-,36-35-,39-38-,56-54+. The summed E-state index contributed by atoms with van der Waals surface area (Å²) in [6.45, 7) is 2.65. The van der Waals surface area contributed by atoms with Gasteiger partial charge in [-0.25, -0.2) is 0 Å². The molecule has 0 aromatic rings. The third-order valence-corrected chi connectivity index (χ3v) is 15.6. The highest BCUT2D eigenvalue weighted by atomic mass is 16.7. The first-order valence-corrected chi connectivity index (χ1v) is 33.9. The van der Waals surface area contributed by atoms with E-state index < -0.39 is 86.8 Å². The lowest BCUT2D eigenvalue weighted by molar-refractivity contribution is -0.359. The number of hydrogen-bond donors (Lipinski definition) is 9. The molecule has 0 saturated carbocycles. The zero-order valence-corrected chi connectivity index (χ0v) is 53.7. The molecule has 12 unspecified atom stereocenters. The molecule has 0 aromatic heterocycles. The number of ether oxygens (including phenoxy) is 4. The van der Waals surface area contributed by atoms with Crippen LogP contribution in [0.4, 0.5) is 0 Å². The molecule has 0 bridgehead atoms. The van der Waals surface area contributed by atoms with Crippen molar-refractivity contribution in [1.82, 2.24) is 5.32 Å². The van der Waals surface area contributed by atoms with Gasteiger partial charge in [0.05, 0.1) is 32.0 Å². The Morgan fingerprint density at radius 2 is 0.793 bits per heavy atom. The normalized spacial score (nSPS) is 24.2. The van der Waals surface area contributed by atoms with Crippen LogP contribution in [0.15, 0.2) is 134 Å². The fourth-order valence-corrected chi connectivity index (χ4v) is 10.2. The quantitative estimate of drug-likeness (QED) is 0.0204. The minimum absolute atomic E-state index is 0.250. The Hall–Kier alpha value is -3.87. The molecule has 0 radical (unpaired) electrons. The van der Waals surface area contributed by atoms with Crippen LogP contribution in [0.25, 0.3) is 0 Å². The van der Waals surface area contributed by atoms with Crippen LogP contribution in [0.2, 0.25) is 0 Å². The van der Waals surface area contributed by atoms with E-state index in [2.05, 4.69) is 141 Å². The van der Waals surface area contributed by atoms with E-state index in [1.807, 2.05) is 6.08 Å². The summed E-state index contributed by atoms with van der Waals surface area (Å²) in [6, 6.07) is -0.924. The maximum absolute atomic E-state index is 13.3. The van der Waals surface area contributed by atoms with E-state index in [0.717, 1.165) is 109 Å². The van der Waals surface area contributed by atoms with Gasteiger partial charge in [0.1, 0.15) is 48.8 Å². The molecule has 2 aliphatic heterocycles. The monoisotopic (exact) mass is 1220 g/mol. The van der Waals surface area contributed by atoms with Crippen LogP contribution in [0, 0.1) is 0 Å². The van der Waals surface area contributed by atoms with E-state index in [-0.39, 0.29) is 18.9 Å². The van der Waals surface area contributed by atoms with Gasteiger partial charge in [-0.3, -0.25) is 4.79 Å². The van der Waals surface area contributed by atoms with Crippen molar-refractivity contribution in [3.05, 3.63) is 134 Å². The van der Waals surface area contributed by atoms with Crippen molar-refractivity contribution in [2.75, 3.05) is 19.8 Å². The van der Waals surface area contributed by atoms with Crippen LogP contribution in [-0.2, 0) is 23.7 Å². The lowest BCUT2D eigenvalue weighted by atomic mass is 9.97. The first-order chi connectivity index (χ1) is 42.6. The first-order valence-electron chi connectivity index (χ1n) is 33.9. The molecule has 87 heavy (non-hydrogen) atoms. The Bertz CT molecular complexity index is 1970. The summed E-state index contributed by atoms with van der Waals surface area (Å²) < 4.78 is 22.8. The molecule has 2 aliphatic rings. The molecule has 0 aromatic carbocycles. The van der Waals surface area contributed by atoms with Gasteiger partial charge in [0.2, 0.25) is 5.91 Å². The third kappa shape index (κ3) is 40.5. The highest BCUT2D eigenvalue weighted by Gasteiger charge is 2.51. The van der Waals surface area contributed by atoms with Crippen molar-refractivity contribution in [1.29, 1.82) is 0 Å². The summed E-state index contributed by atoms with van der Waals surface area (Å²) in [7, 11) is 0. The number of carbonyl (C=O) groups excluding carboxylic acids is 1. The first kappa shape index (κ1) is 79.2. The number of aliphatic hydroxyl groups is 8.